The van der Waals surface area contributed by atoms with Crippen molar-refractivity contribution in [2.45, 2.75) is 6.92 Å². The van der Waals surface area contributed by atoms with Gasteiger partial charge in [-0.15, -0.1) is 0 Å². The van der Waals surface area contributed by atoms with Gasteiger partial charge in [-0.2, -0.15) is 0 Å². The minimum absolute atomic E-state index is 0.136. The van der Waals surface area contributed by atoms with Crippen LogP contribution in [0.3, 0.4) is 0 Å². The molecule has 0 bridgehead atoms. The largest absolute Gasteiger partial charge is 0.388 e. The SMILES string of the molecule is CC#CC#CC#CC#CC#CC#CC#CC#CC#CC#CC#CC(=O)c1ccc(C(=O)c2ccc(NC)cc2)cc1. The minimum Gasteiger partial charge on any atom is -0.388 e. The topological polar surface area (TPSA) is 46.2 Å². The molecule has 2 aromatic rings. The van der Waals surface area contributed by atoms with E-state index in [4.69, 9.17) is 0 Å². The zero-order valence-corrected chi connectivity index (χ0v) is 21.9. The highest BCUT2D eigenvalue weighted by molar-refractivity contribution is 6.11. The van der Waals surface area contributed by atoms with Gasteiger partial charge in [0.2, 0.25) is 5.78 Å². The summed E-state index contributed by atoms with van der Waals surface area (Å²) in [6, 6.07) is 13.4. The summed E-state index contributed by atoms with van der Waals surface area (Å²) in [5, 5.41) is 3.00. The highest BCUT2D eigenvalue weighted by atomic mass is 16.1. The summed E-state index contributed by atoms with van der Waals surface area (Å²) in [5.74, 6) is 54.5. The van der Waals surface area contributed by atoms with E-state index in [0.717, 1.165) is 5.69 Å². The highest BCUT2D eigenvalue weighted by Gasteiger charge is 2.10. The number of anilines is 1. The van der Waals surface area contributed by atoms with Gasteiger partial charge in [-0.3, -0.25) is 9.59 Å². The van der Waals surface area contributed by atoms with Crippen molar-refractivity contribution in [3.8, 4) is 130 Å². The monoisotopic (exact) mass is 517 g/mol. The normalized spacial score (nSPS) is 6.78. The van der Waals surface area contributed by atoms with Gasteiger partial charge >= 0.3 is 0 Å². The molecule has 2 aromatic carbocycles. The average molecular weight is 518 g/mol. The van der Waals surface area contributed by atoms with Gasteiger partial charge < -0.3 is 5.32 Å². The van der Waals surface area contributed by atoms with Crippen LogP contribution in [0.25, 0.3) is 0 Å². The molecule has 0 saturated heterocycles. The third-order valence-corrected chi connectivity index (χ3v) is 4.33. The van der Waals surface area contributed by atoms with Gasteiger partial charge in [0.25, 0.3) is 0 Å². The molecule has 3 nitrogen and oxygen atoms in total. The number of carbonyl (C=O) groups excluding carboxylic acids is 2. The number of rotatable bonds is 4. The lowest BCUT2D eigenvalue weighted by atomic mass is 10.0. The maximum absolute atomic E-state index is 12.6. The van der Waals surface area contributed by atoms with Crippen molar-refractivity contribution in [3.63, 3.8) is 0 Å². The van der Waals surface area contributed by atoms with E-state index in [0.29, 0.717) is 16.7 Å². The number of hydrogen-bond acceptors (Lipinski definition) is 3. The second kappa shape index (κ2) is 18.9. The Morgan fingerprint density at radius 3 is 1.15 bits per heavy atom. The van der Waals surface area contributed by atoms with Crippen LogP contribution in [0.4, 0.5) is 5.69 Å². The van der Waals surface area contributed by atoms with Gasteiger partial charge in [-0.25, -0.2) is 0 Å². The van der Waals surface area contributed by atoms with Crippen LogP contribution in [0.15, 0.2) is 48.5 Å². The molecule has 0 spiro atoms. The quantitative estimate of drug-likeness (QED) is 0.385. The molecule has 2 rings (SSSR count). The second-order valence-electron chi connectivity index (χ2n) is 6.94. The number of Topliss-reactive ketones (excluding diaryl/α,β-unsaturated/α-hetero) is 1. The van der Waals surface area contributed by atoms with Crippen LogP contribution in [0.2, 0.25) is 0 Å². The lowest BCUT2D eigenvalue weighted by Crippen LogP contribution is -2.03. The lowest BCUT2D eigenvalue weighted by Gasteiger charge is -2.04. The van der Waals surface area contributed by atoms with E-state index in [2.05, 4.69) is 136 Å². The van der Waals surface area contributed by atoms with Crippen molar-refractivity contribution >= 4 is 17.3 Å². The Labute approximate surface area is 241 Å². The van der Waals surface area contributed by atoms with E-state index in [9.17, 15) is 9.59 Å². The summed E-state index contributed by atoms with van der Waals surface area (Å²) < 4.78 is 0. The molecule has 0 fully saturated rings. The molecular weight excluding hydrogens is 502 g/mol. The van der Waals surface area contributed by atoms with Gasteiger partial charge in [0.1, 0.15) is 0 Å². The van der Waals surface area contributed by atoms with Crippen molar-refractivity contribution in [2.24, 2.45) is 0 Å². The Bertz CT molecular complexity index is 2050. The highest BCUT2D eigenvalue weighted by Crippen LogP contribution is 2.14. The molecule has 0 amide bonds. The second-order valence-corrected chi connectivity index (χ2v) is 6.94. The number of nitrogens with one attached hydrogen (secondary N) is 1. The fraction of sp³-hybridized carbons (Fsp3) is 0.0526. The predicted molar refractivity (Wildman–Crippen MR) is 161 cm³/mol. The third kappa shape index (κ3) is 12.5. The summed E-state index contributed by atoms with van der Waals surface area (Å²) in [6.45, 7) is 1.69. The molecule has 1 N–H and O–H groups in total. The summed E-state index contributed by atoms with van der Waals surface area (Å²) in [5.41, 5.74) is 2.29. The maximum atomic E-state index is 12.6. The summed E-state index contributed by atoms with van der Waals surface area (Å²) in [4.78, 5) is 24.8. The Kier molecular flexibility index (Phi) is 13.8. The summed E-state index contributed by atoms with van der Waals surface area (Å²) in [7, 11) is 1.81. The van der Waals surface area contributed by atoms with E-state index in [1.54, 1.807) is 50.4 Å². The van der Waals surface area contributed by atoms with Crippen molar-refractivity contribution in [1.29, 1.82) is 0 Å². The number of carbonyl (C=O) groups is 2. The van der Waals surface area contributed by atoms with Crippen molar-refractivity contribution in [2.75, 3.05) is 12.4 Å². The molecule has 41 heavy (non-hydrogen) atoms. The molecule has 184 valence electrons. The first-order valence-electron chi connectivity index (χ1n) is 11.6. The van der Waals surface area contributed by atoms with Gasteiger partial charge in [-0.05, 0) is 144 Å². The smallest absolute Gasteiger partial charge is 0.236 e. The Balaban J connectivity index is 1.83. The number of benzene rings is 2. The van der Waals surface area contributed by atoms with Gasteiger partial charge in [0.15, 0.2) is 5.78 Å². The van der Waals surface area contributed by atoms with E-state index in [-0.39, 0.29) is 5.78 Å². The predicted octanol–water partition coefficient (Wildman–Crippen LogP) is 3.20. The van der Waals surface area contributed by atoms with E-state index < -0.39 is 5.78 Å². The van der Waals surface area contributed by atoms with Crippen LogP contribution < -0.4 is 5.32 Å². The Hall–Kier alpha value is -7.26. The molecule has 0 atom stereocenters. The summed E-state index contributed by atoms with van der Waals surface area (Å²) >= 11 is 0. The van der Waals surface area contributed by atoms with Gasteiger partial charge in [0, 0.05) is 53.1 Å². The third-order valence-electron chi connectivity index (χ3n) is 4.33. The molecule has 3 heteroatoms. The van der Waals surface area contributed by atoms with E-state index >= 15 is 0 Å². The molecule has 0 saturated carbocycles. The molecule has 0 heterocycles. The van der Waals surface area contributed by atoms with Gasteiger partial charge in [-0.1, -0.05) is 18.1 Å². The molecule has 0 aliphatic rings. The molecular formula is C38H15NO2. The minimum atomic E-state index is -0.422. The first-order valence-corrected chi connectivity index (χ1v) is 11.6. The van der Waals surface area contributed by atoms with Gasteiger partial charge in [0.05, 0.1) is 0 Å². The van der Waals surface area contributed by atoms with E-state index in [1.807, 2.05) is 12.1 Å². The molecule has 0 radical (unpaired) electrons. The molecule has 0 unspecified atom stereocenters. The molecule has 0 aliphatic heterocycles. The number of ketones is 2. The zero-order valence-electron chi connectivity index (χ0n) is 21.9. The standard InChI is InChI=1S/C38H15NO2/c1-3-4-5-6-7-8-9-10-11-12-13-14-15-16-17-18-19-20-21-22-23-24-37(40)33-25-27-34(28-26-33)38(41)35-29-31-36(39-2)32-30-35/h25-32,39H,1-2H3. The van der Waals surface area contributed by atoms with E-state index in [1.165, 1.54) is 0 Å². The first-order chi connectivity index (χ1) is 20.2. The van der Waals surface area contributed by atoms with Crippen molar-refractivity contribution in [1.82, 2.24) is 0 Å². The summed E-state index contributed by atoms with van der Waals surface area (Å²) in [6.07, 6.45) is 0. The molecule has 0 aliphatic carbocycles. The fourth-order valence-electron chi connectivity index (χ4n) is 2.51. The van der Waals surface area contributed by atoms with Crippen LogP contribution in [-0.4, -0.2) is 18.6 Å². The van der Waals surface area contributed by atoms with Crippen molar-refractivity contribution < 1.29 is 9.59 Å². The number of hydrogen-bond donors (Lipinski definition) is 1. The fourth-order valence-corrected chi connectivity index (χ4v) is 2.51. The van der Waals surface area contributed by atoms with Crippen LogP contribution in [0, 0.1) is 130 Å². The van der Waals surface area contributed by atoms with Crippen LogP contribution >= 0.6 is 0 Å². The van der Waals surface area contributed by atoms with Crippen LogP contribution in [0.1, 0.15) is 33.2 Å². The Morgan fingerprint density at radius 2 is 0.780 bits per heavy atom. The maximum Gasteiger partial charge on any atom is 0.236 e. The lowest BCUT2D eigenvalue weighted by molar-refractivity contribution is 0.103. The first kappa shape index (κ1) is 30.0. The molecule has 0 aromatic heterocycles. The van der Waals surface area contributed by atoms with Crippen molar-refractivity contribution in [3.05, 3.63) is 65.2 Å². The average Bonchev–Trinajstić information content (AvgIpc) is 3.01. The van der Waals surface area contributed by atoms with Crippen LogP contribution in [0.5, 0.6) is 0 Å². The Morgan fingerprint density at radius 1 is 0.463 bits per heavy atom. The zero-order chi connectivity index (χ0) is 29.4. The van der Waals surface area contributed by atoms with Crippen LogP contribution in [-0.2, 0) is 0 Å².